The summed E-state index contributed by atoms with van der Waals surface area (Å²) in [5, 5.41) is 0. The molecule has 0 bridgehead atoms. The van der Waals surface area contributed by atoms with Crippen LogP contribution in [0.2, 0.25) is 0 Å². The number of hydrogen-bond acceptors (Lipinski definition) is 2. The van der Waals surface area contributed by atoms with Gasteiger partial charge in [-0.2, -0.15) is 0 Å². The predicted octanol–water partition coefficient (Wildman–Crippen LogP) is 1.43. The second kappa shape index (κ2) is 4.91. The summed E-state index contributed by atoms with van der Waals surface area (Å²) in [6.07, 6.45) is 0.859. The number of aliphatic imine (C=N–C) groups is 1. The Kier molecular flexibility index (Phi) is 4.54. The van der Waals surface area contributed by atoms with Crippen molar-refractivity contribution in [2.24, 2.45) is 16.8 Å². The lowest BCUT2D eigenvalue weighted by Crippen LogP contribution is -2.34. The van der Waals surface area contributed by atoms with Gasteiger partial charge in [-0.25, -0.2) is 10.8 Å². The molecular formula is C8H17N3. The highest BCUT2D eigenvalue weighted by atomic mass is 15.3. The second-order valence-corrected chi connectivity index (χ2v) is 2.72. The van der Waals surface area contributed by atoms with E-state index in [4.69, 9.17) is 5.84 Å². The maximum Gasteiger partial charge on any atom is 0.118 e. The van der Waals surface area contributed by atoms with E-state index < -0.39 is 0 Å². The van der Waals surface area contributed by atoms with E-state index >= 15 is 0 Å². The fourth-order valence-electron chi connectivity index (χ4n) is 0.577. The van der Waals surface area contributed by atoms with E-state index in [0.717, 1.165) is 18.0 Å². The summed E-state index contributed by atoms with van der Waals surface area (Å²) in [6, 6.07) is 0. The summed E-state index contributed by atoms with van der Waals surface area (Å²) >= 11 is 0. The largest absolute Gasteiger partial charge is 0.312 e. The van der Waals surface area contributed by atoms with Gasteiger partial charge in [0.05, 0.1) is 0 Å². The van der Waals surface area contributed by atoms with Crippen LogP contribution in [-0.4, -0.2) is 5.84 Å². The molecule has 0 unspecified atom stereocenters. The molecule has 0 heterocycles. The van der Waals surface area contributed by atoms with E-state index in [9.17, 15) is 0 Å². The average Bonchev–Trinajstić information content (AvgIpc) is 1.99. The smallest absolute Gasteiger partial charge is 0.118 e. The molecule has 0 saturated carbocycles. The van der Waals surface area contributed by atoms with Crippen molar-refractivity contribution in [1.29, 1.82) is 0 Å². The Morgan fingerprint density at radius 3 is 2.45 bits per heavy atom. The van der Waals surface area contributed by atoms with Crippen LogP contribution in [0.15, 0.2) is 17.3 Å². The predicted molar refractivity (Wildman–Crippen MR) is 49.0 cm³/mol. The van der Waals surface area contributed by atoms with Crippen molar-refractivity contribution >= 4 is 5.84 Å². The quantitative estimate of drug-likeness (QED) is 0.280. The Bertz CT molecular complexity index is 159. The highest BCUT2D eigenvalue weighted by molar-refractivity contribution is 5.84. The monoisotopic (exact) mass is 155 g/mol. The van der Waals surface area contributed by atoms with Crippen molar-refractivity contribution in [3.8, 4) is 0 Å². The van der Waals surface area contributed by atoms with Gasteiger partial charge in [0.25, 0.3) is 0 Å². The highest BCUT2D eigenvalue weighted by Gasteiger charge is 2.01. The molecular weight excluding hydrogens is 138 g/mol. The summed E-state index contributed by atoms with van der Waals surface area (Å²) in [6.45, 7) is 9.83. The van der Waals surface area contributed by atoms with Crippen LogP contribution in [0, 0.1) is 5.92 Å². The average molecular weight is 155 g/mol. The van der Waals surface area contributed by atoms with Crippen molar-refractivity contribution in [1.82, 2.24) is 5.43 Å². The van der Waals surface area contributed by atoms with Gasteiger partial charge >= 0.3 is 0 Å². The minimum atomic E-state index is 0.322. The molecule has 0 spiro atoms. The van der Waals surface area contributed by atoms with Crippen molar-refractivity contribution in [3.63, 3.8) is 0 Å². The molecule has 3 nitrogen and oxygen atoms in total. The minimum absolute atomic E-state index is 0.322. The number of nitrogens with zero attached hydrogens (tertiary/aromatic N) is 1. The first-order valence-corrected chi connectivity index (χ1v) is 3.84. The number of rotatable bonds is 3. The first-order chi connectivity index (χ1) is 5.11. The molecule has 11 heavy (non-hydrogen) atoms. The number of hydrogen-bond donors (Lipinski definition) is 2. The summed E-state index contributed by atoms with van der Waals surface area (Å²) in [4.78, 5) is 4.20. The molecule has 0 aromatic rings. The van der Waals surface area contributed by atoms with E-state index in [1.807, 2.05) is 20.8 Å². The van der Waals surface area contributed by atoms with Gasteiger partial charge in [0.15, 0.2) is 0 Å². The fourth-order valence-corrected chi connectivity index (χ4v) is 0.577. The second-order valence-electron chi connectivity index (χ2n) is 2.72. The zero-order valence-corrected chi connectivity index (χ0v) is 7.52. The fraction of sp³-hybridized carbons (Fsp3) is 0.625. The van der Waals surface area contributed by atoms with Crippen LogP contribution in [0.25, 0.3) is 0 Å². The molecule has 0 aliphatic carbocycles. The summed E-state index contributed by atoms with van der Waals surface area (Å²) in [5.74, 6) is 6.37. The molecule has 0 amide bonds. The summed E-state index contributed by atoms with van der Waals surface area (Å²) in [7, 11) is 0. The van der Waals surface area contributed by atoms with E-state index in [2.05, 4.69) is 17.0 Å². The van der Waals surface area contributed by atoms with Crippen LogP contribution in [0.1, 0.15) is 27.2 Å². The maximum atomic E-state index is 5.25. The zero-order valence-electron chi connectivity index (χ0n) is 7.52. The van der Waals surface area contributed by atoms with Crippen molar-refractivity contribution in [3.05, 3.63) is 12.3 Å². The van der Waals surface area contributed by atoms with Crippen LogP contribution < -0.4 is 11.3 Å². The first kappa shape index (κ1) is 10.2. The van der Waals surface area contributed by atoms with Gasteiger partial charge in [0.2, 0.25) is 0 Å². The van der Waals surface area contributed by atoms with Gasteiger partial charge in [-0.05, 0) is 6.42 Å². The van der Waals surface area contributed by atoms with Gasteiger partial charge in [-0.3, -0.25) is 0 Å². The minimum Gasteiger partial charge on any atom is -0.312 e. The topological polar surface area (TPSA) is 50.4 Å². The Morgan fingerprint density at radius 1 is 1.64 bits per heavy atom. The normalized spacial score (nSPS) is 11.9. The summed E-state index contributed by atoms with van der Waals surface area (Å²) < 4.78 is 0. The molecule has 0 rings (SSSR count). The van der Waals surface area contributed by atoms with E-state index in [1.54, 1.807) is 0 Å². The van der Waals surface area contributed by atoms with Crippen LogP contribution in [0.4, 0.5) is 0 Å². The SMILES string of the molecule is C=C(CC)/N=C(\NN)C(C)C. The molecule has 0 atom stereocenters. The number of hydrazine groups is 1. The zero-order chi connectivity index (χ0) is 8.85. The molecule has 0 saturated heterocycles. The molecule has 0 aliphatic rings. The van der Waals surface area contributed by atoms with Gasteiger partial charge in [0, 0.05) is 11.6 Å². The number of amidine groups is 1. The lowest BCUT2D eigenvalue weighted by molar-refractivity contribution is 0.807. The number of nitrogens with two attached hydrogens (primary N) is 1. The molecule has 3 heteroatoms. The molecule has 0 fully saturated rings. The molecule has 0 aromatic heterocycles. The van der Waals surface area contributed by atoms with Crippen LogP contribution in [-0.2, 0) is 0 Å². The lowest BCUT2D eigenvalue weighted by Gasteiger charge is -2.08. The first-order valence-electron chi connectivity index (χ1n) is 3.84. The van der Waals surface area contributed by atoms with Crippen LogP contribution >= 0.6 is 0 Å². The Hall–Kier alpha value is -0.830. The van der Waals surface area contributed by atoms with Crippen molar-refractivity contribution in [2.45, 2.75) is 27.2 Å². The van der Waals surface area contributed by atoms with Crippen LogP contribution in [0.5, 0.6) is 0 Å². The Labute approximate surface area is 68.4 Å². The van der Waals surface area contributed by atoms with E-state index in [1.165, 1.54) is 0 Å². The third-order valence-corrected chi connectivity index (χ3v) is 1.38. The van der Waals surface area contributed by atoms with Crippen LogP contribution in [0.3, 0.4) is 0 Å². The van der Waals surface area contributed by atoms with Gasteiger partial charge < -0.3 is 5.43 Å². The standard InChI is InChI=1S/C8H17N3/c1-5-7(4)10-8(11-9)6(2)3/h6H,4-5,9H2,1-3H3,(H,10,11). The molecule has 0 aromatic carbocycles. The van der Waals surface area contributed by atoms with E-state index in [-0.39, 0.29) is 0 Å². The van der Waals surface area contributed by atoms with E-state index in [0.29, 0.717) is 5.92 Å². The number of nitrogens with one attached hydrogen (secondary N) is 1. The maximum absolute atomic E-state index is 5.25. The lowest BCUT2D eigenvalue weighted by atomic mass is 10.2. The number of allylic oxidation sites excluding steroid dienone is 1. The van der Waals surface area contributed by atoms with Crippen molar-refractivity contribution in [2.75, 3.05) is 0 Å². The molecule has 64 valence electrons. The van der Waals surface area contributed by atoms with Gasteiger partial charge in [-0.15, -0.1) is 0 Å². The van der Waals surface area contributed by atoms with Gasteiger partial charge in [-0.1, -0.05) is 27.4 Å². The molecule has 0 aliphatic heterocycles. The molecule has 0 radical (unpaired) electrons. The third-order valence-electron chi connectivity index (χ3n) is 1.38. The van der Waals surface area contributed by atoms with Gasteiger partial charge in [0.1, 0.15) is 5.84 Å². The Balaban J connectivity index is 4.23. The van der Waals surface area contributed by atoms with Crippen molar-refractivity contribution < 1.29 is 0 Å². The Morgan fingerprint density at radius 2 is 2.18 bits per heavy atom. The molecule has 3 N–H and O–H groups in total. The summed E-state index contributed by atoms with van der Waals surface area (Å²) in [5.41, 5.74) is 3.41. The third kappa shape index (κ3) is 3.78. The highest BCUT2D eigenvalue weighted by Crippen LogP contribution is 2.02.